The Labute approximate surface area is 180 Å². The summed E-state index contributed by atoms with van der Waals surface area (Å²) in [4.78, 5) is 15.6. The van der Waals surface area contributed by atoms with E-state index in [2.05, 4.69) is 4.90 Å². The molecular formula is C21H21Cl2NO3S. The number of thiocarbonyl (C=S) groups is 1. The van der Waals surface area contributed by atoms with E-state index in [-0.39, 0.29) is 10.6 Å². The zero-order valence-electron chi connectivity index (χ0n) is 15.5. The van der Waals surface area contributed by atoms with Crippen LogP contribution in [0.1, 0.15) is 42.1 Å². The molecule has 2 aromatic carbocycles. The number of halogens is 2. The molecule has 1 saturated heterocycles. The van der Waals surface area contributed by atoms with E-state index in [0.717, 1.165) is 36.5 Å². The maximum Gasteiger partial charge on any atom is 0.345 e. The molecule has 0 aromatic heterocycles. The van der Waals surface area contributed by atoms with Crippen LogP contribution < -0.4 is 9.47 Å². The molecule has 1 aliphatic rings. The van der Waals surface area contributed by atoms with Crippen molar-refractivity contribution in [2.75, 3.05) is 19.7 Å². The van der Waals surface area contributed by atoms with Gasteiger partial charge in [-0.25, -0.2) is 4.79 Å². The Bertz CT molecular complexity index is 882. The molecule has 1 aliphatic heterocycles. The molecule has 1 fully saturated rings. The Kier molecular flexibility index (Phi) is 7.16. The predicted molar refractivity (Wildman–Crippen MR) is 116 cm³/mol. The maximum atomic E-state index is 12.6. The monoisotopic (exact) mass is 437 g/mol. The van der Waals surface area contributed by atoms with Crippen molar-refractivity contribution < 1.29 is 14.3 Å². The fourth-order valence-corrected chi connectivity index (χ4v) is 3.76. The van der Waals surface area contributed by atoms with Gasteiger partial charge in [0.15, 0.2) is 11.5 Å². The number of hydrogen-bond acceptors (Lipinski definition) is 4. The van der Waals surface area contributed by atoms with Gasteiger partial charge in [0.2, 0.25) is 0 Å². The highest BCUT2D eigenvalue weighted by molar-refractivity contribution is 7.80. The maximum absolute atomic E-state index is 12.6. The Morgan fingerprint density at radius 2 is 1.82 bits per heavy atom. The van der Waals surface area contributed by atoms with Crippen LogP contribution in [0.4, 0.5) is 0 Å². The molecule has 1 heterocycles. The second-order valence-corrected chi connectivity index (χ2v) is 7.69. The predicted octanol–water partition coefficient (Wildman–Crippen LogP) is 5.77. The third-order valence-corrected chi connectivity index (χ3v) is 5.54. The van der Waals surface area contributed by atoms with Crippen LogP contribution in [0.15, 0.2) is 36.4 Å². The molecule has 148 valence electrons. The third kappa shape index (κ3) is 4.96. The molecule has 28 heavy (non-hydrogen) atoms. The molecular weight excluding hydrogens is 417 g/mol. The van der Waals surface area contributed by atoms with E-state index in [0.29, 0.717) is 23.1 Å². The van der Waals surface area contributed by atoms with Crippen LogP contribution in [0.3, 0.4) is 0 Å². The summed E-state index contributed by atoms with van der Waals surface area (Å²) >= 11 is 17.7. The molecule has 2 aromatic rings. The Morgan fingerprint density at radius 1 is 1.07 bits per heavy atom. The van der Waals surface area contributed by atoms with Crippen LogP contribution in [0, 0.1) is 0 Å². The number of likely N-dealkylation sites (tertiary alicyclic amines) is 1. The summed E-state index contributed by atoms with van der Waals surface area (Å²) in [6, 6.07) is 10.0. The SMILES string of the molecule is CCOc1cc(C(=S)N2CCCCC2)ccc1OC(=O)c1cc(Cl)ccc1Cl. The normalized spacial score (nSPS) is 13.9. The summed E-state index contributed by atoms with van der Waals surface area (Å²) < 4.78 is 11.2. The number of carbonyl (C=O) groups excluding carboxylic acids is 1. The molecule has 0 N–H and O–H groups in total. The summed E-state index contributed by atoms with van der Waals surface area (Å²) in [6.45, 7) is 4.23. The minimum absolute atomic E-state index is 0.199. The molecule has 3 rings (SSSR count). The summed E-state index contributed by atoms with van der Waals surface area (Å²) in [6.07, 6.45) is 3.54. The molecule has 4 nitrogen and oxygen atoms in total. The summed E-state index contributed by atoms with van der Waals surface area (Å²) in [7, 11) is 0. The van der Waals surface area contributed by atoms with E-state index in [1.165, 1.54) is 12.5 Å². The van der Waals surface area contributed by atoms with E-state index in [4.69, 9.17) is 44.9 Å². The molecule has 0 atom stereocenters. The number of rotatable bonds is 5. The van der Waals surface area contributed by atoms with Crippen molar-refractivity contribution >= 4 is 46.4 Å². The van der Waals surface area contributed by atoms with Gasteiger partial charge in [-0.15, -0.1) is 0 Å². The van der Waals surface area contributed by atoms with Crippen LogP contribution in [-0.4, -0.2) is 35.6 Å². The van der Waals surface area contributed by atoms with Gasteiger partial charge < -0.3 is 14.4 Å². The number of ether oxygens (including phenoxy) is 2. The lowest BCUT2D eigenvalue weighted by molar-refractivity contribution is 0.0728. The van der Waals surface area contributed by atoms with Gasteiger partial charge in [-0.2, -0.15) is 0 Å². The molecule has 0 aliphatic carbocycles. The zero-order valence-corrected chi connectivity index (χ0v) is 17.9. The van der Waals surface area contributed by atoms with E-state index in [1.807, 2.05) is 19.1 Å². The first-order valence-corrected chi connectivity index (χ1v) is 10.4. The van der Waals surface area contributed by atoms with Crippen molar-refractivity contribution in [1.29, 1.82) is 0 Å². The smallest absolute Gasteiger partial charge is 0.345 e. The van der Waals surface area contributed by atoms with Crippen LogP contribution in [0.25, 0.3) is 0 Å². The zero-order chi connectivity index (χ0) is 20.1. The number of piperidine rings is 1. The lowest BCUT2D eigenvalue weighted by Gasteiger charge is -2.29. The van der Waals surface area contributed by atoms with Gasteiger partial charge in [-0.1, -0.05) is 35.4 Å². The lowest BCUT2D eigenvalue weighted by atomic mass is 10.1. The van der Waals surface area contributed by atoms with Crippen LogP contribution in [-0.2, 0) is 0 Å². The topological polar surface area (TPSA) is 38.8 Å². The first-order chi connectivity index (χ1) is 13.5. The first-order valence-electron chi connectivity index (χ1n) is 9.23. The third-order valence-electron chi connectivity index (χ3n) is 4.48. The summed E-state index contributed by atoms with van der Waals surface area (Å²) in [5, 5.41) is 0.680. The average molecular weight is 438 g/mol. The van der Waals surface area contributed by atoms with Crippen molar-refractivity contribution in [3.63, 3.8) is 0 Å². The van der Waals surface area contributed by atoms with Gasteiger partial charge in [0.1, 0.15) is 4.99 Å². The second-order valence-electron chi connectivity index (χ2n) is 6.46. The van der Waals surface area contributed by atoms with Gasteiger partial charge in [0.05, 0.1) is 17.2 Å². The Morgan fingerprint density at radius 3 is 2.54 bits per heavy atom. The van der Waals surface area contributed by atoms with Gasteiger partial charge in [0.25, 0.3) is 0 Å². The van der Waals surface area contributed by atoms with Crippen LogP contribution in [0.5, 0.6) is 11.5 Å². The van der Waals surface area contributed by atoms with Gasteiger partial charge in [0, 0.05) is 23.7 Å². The van der Waals surface area contributed by atoms with Gasteiger partial charge in [-0.3, -0.25) is 0 Å². The average Bonchev–Trinajstić information content (AvgIpc) is 2.71. The summed E-state index contributed by atoms with van der Waals surface area (Å²) in [5.74, 6) is 0.179. The highest BCUT2D eigenvalue weighted by Gasteiger charge is 2.19. The molecule has 0 saturated carbocycles. The minimum atomic E-state index is -0.597. The molecule has 0 bridgehead atoms. The van der Waals surface area contributed by atoms with E-state index < -0.39 is 5.97 Å². The lowest BCUT2D eigenvalue weighted by Crippen LogP contribution is -2.34. The molecule has 0 unspecified atom stereocenters. The largest absolute Gasteiger partial charge is 0.490 e. The Balaban J connectivity index is 1.83. The number of carbonyl (C=O) groups is 1. The fraction of sp³-hybridized carbons (Fsp3) is 0.333. The minimum Gasteiger partial charge on any atom is -0.490 e. The molecule has 0 spiro atoms. The van der Waals surface area contributed by atoms with Crippen LogP contribution >= 0.6 is 35.4 Å². The highest BCUT2D eigenvalue weighted by Crippen LogP contribution is 2.31. The van der Waals surface area contributed by atoms with Crippen molar-refractivity contribution in [3.05, 3.63) is 57.6 Å². The number of nitrogens with zero attached hydrogens (tertiary/aromatic N) is 1. The standard InChI is InChI=1S/C21H21Cl2NO3S/c1-2-26-19-12-14(20(28)24-10-4-3-5-11-24)6-9-18(19)27-21(25)16-13-15(22)7-8-17(16)23/h6-9,12-13H,2-5,10-11H2,1H3. The number of esters is 1. The van der Waals surface area contributed by atoms with E-state index in [9.17, 15) is 4.79 Å². The molecule has 0 amide bonds. The van der Waals surface area contributed by atoms with E-state index >= 15 is 0 Å². The molecule has 7 heteroatoms. The fourth-order valence-electron chi connectivity index (χ4n) is 3.08. The number of benzene rings is 2. The van der Waals surface area contributed by atoms with E-state index in [1.54, 1.807) is 18.2 Å². The van der Waals surface area contributed by atoms with Gasteiger partial charge in [-0.05, 0) is 62.6 Å². The molecule has 0 radical (unpaired) electrons. The number of hydrogen-bond donors (Lipinski definition) is 0. The Hall–Kier alpha value is -1.82. The van der Waals surface area contributed by atoms with Crippen molar-refractivity contribution in [2.45, 2.75) is 26.2 Å². The second kappa shape index (κ2) is 9.59. The van der Waals surface area contributed by atoms with Crippen molar-refractivity contribution in [2.24, 2.45) is 0 Å². The highest BCUT2D eigenvalue weighted by atomic mass is 35.5. The van der Waals surface area contributed by atoms with Crippen molar-refractivity contribution in [3.8, 4) is 11.5 Å². The van der Waals surface area contributed by atoms with Crippen LogP contribution in [0.2, 0.25) is 10.0 Å². The van der Waals surface area contributed by atoms with Crippen molar-refractivity contribution in [1.82, 2.24) is 4.90 Å². The first kappa shape index (κ1) is 20.9. The quantitative estimate of drug-likeness (QED) is 0.337. The summed E-state index contributed by atoms with van der Waals surface area (Å²) in [5.41, 5.74) is 1.07. The van der Waals surface area contributed by atoms with Gasteiger partial charge >= 0.3 is 5.97 Å².